The SMILES string of the molecule is C[C@H]1CN(C2CCN(c3ccc4c(c3)C(=O)N(C3CCC(=O)NC3=O)C4=O)CC2)CCN1c1ccc(Nc2cc(N3CCC[C@@H](N4CCn5c(cc6c5CC(C)(C)C6)C4=O)[C@H]3CO)cn(C)c2=O)nc1. The lowest BCUT2D eigenvalue weighted by Crippen LogP contribution is -2.60. The van der Waals surface area contributed by atoms with Crippen molar-refractivity contribution in [2.24, 2.45) is 12.5 Å². The van der Waals surface area contributed by atoms with Crippen molar-refractivity contribution in [1.82, 2.24) is 34.1 Å². The predicted molar refractivity (Wildman–Crippen MR) is 264 cm³/mol. The number of aliphatic hydroxyl groups is 1. The molecule has 4 saturated heterocycles. The van der Waals surface area contributed by atoms with Crippen LogP contribution in [0.2, 0.25) is 0 Å². The van der Waals surface area contributed by atoms with Gasteiger partial charge in [-0.3, -0.25) is 43.9 Å². The number of nitrogens with one attached hydrogen (secondary N) is 2. The topological polar surface area (TPSA) is 189 Å². The molecule has 6 aliphatic heterocycles. The first kappa shape index (κ1) is 45.9. The van der Waals surface area contributed by atoms with Gasteiger partial charge in [0.1, 0.15) is 23.2 Å². The van der Waals surface area contributed by atoms with Crippen LogP contribution in [-0.4, -0.2) is 146 Å². The maximum absolute atomic E-state index is 14.1. The quantitative estimate of drug-likeness (QED) is 0.207. The van der Waals surface area contributed by atoms with Gasteiger partial charge in [0, 0.05) is 95.5 Å². The van der Waals surface area contributed by atoms with E-state index in [9.17, 15) is 33.9 Å². The zero-order valence-corrected chi connectivity index (χ0v) is 40.5. The van der Waals surface area contributed by atoms with E-state index in [2.05, 4.69) is 61.6 Å². The Morgan fingerprint density at radius 2 is 1.56 bits per heavy atom. The van der Waals surface area contributed by atoms with Crippen LogP contribution < -0.4 is 30.9 Å². The van der Waals surface area contributed by atoms with Gasteiger partial charge in [0.25, 0.3) is 23.3 Å². The molecule has 0 spiro atoms. The summed E-state index contributed by atoms with van der Waals surface area (Å²) >= 11 is 0. The second kappa shape index (κ2) is 17.7. The molecular formula is C52H63N11O7. The highest BCUT2D eigenvalue weighted by Crippen LogP contribution is 2.40. The van der Waals surface area contributed by atoms with Gasteiger partial charge < -0.3 is 39.2 Å². The minimum Gasteiger partial charge on any atom is -0.394 e. The first-order valence-electron chi connectivity index (χ1n) is 25.1. The number of amides is 5. The minimum absolute atomic E-state index is 0.0356. The monoisotopic (exact) mass is 953 g/mol. The van der Waals surface area contributed by atoms with Crippen LogP contribution in [0.4, 0.5) is 28.6 Å². The molecule has 4 aromatic rings. The number of nitrogens with zero attached hydrogens (tertiary/aromatic N) is 9. The van der Waals surface area contributed by atoms with Gasteiger partial charge in [-0.1, -0.05) is 13.8 Å². The van der Waals surface area contributed by atoms with E-state index in [0.717, 1.165) is 105 Å². The van der Waals surface area contributed by atoms with Crippen LogP contribution >= 0.6 is 0 Å². The van der Waals surface area contributed by atoms with Crippen LogP contribution in [0.5, 0.6) is 0 Å². The number of hydrogen-bond donors (Lipinski definition) is 3. The number of benzene rings is 1. The van der Waals surface area contributed by atoms with Crippen molar-refractivity contribution >= 4 is 58.1 Å². The van der Waals surface area contributed by atoms with E-state index in [1.165, 1.54) is 11.3 Å². The number of aryl methyl sites for hydroxylation is 1. The molecule has 1 unspecified atom stereocenters. The summed E-state index contributed by atoms with van der Waals surface area (Å²) in [4.78, 5) is 95.7. The van der Waals surface area contributed by atoms with E-state index in [4.69, 9.17) is 4.98 Å². The third-order valence-corrected chi connectivity index (χ3v) is 16.3. The zero-order valence-electron chi connectivity index (χ0n) is 40.5. The van der Waals surface area contributed by atoms with Crippen molar-refractivity contribution in [3.63, 3.8) is 0 Å². The molecule has 70 heavy (non-hydrogen) atoms. The van der Waals surface area contributed by atoms with Crippen LogP contribution in [0.3, 0.4) is 0 Å². The fourth-order valence-electron chi connectivity index (χ4n) is 12.7. The molecule has 4 atom stereocenters. The lowest BCUT2D eigenvalue weighted by Gasteiger charge is -2.47. The van der Waals surface area contributed by atoms with Gasteiger partial charge in [0.15, 0.2) is 0 Å². The molecule has 3 aromatic heterocycles. The molecule has 18 heteroatoms. The summed E-state index contributed by atoms with van der Waals surface area (Å²) in [6.45, 7) is 13.0. The number of carbonyl (C=O) groups is 5. The molecule has 4 fully saturated rings. The van der Waals surface area contributed by atoms with Gasteiger partial charge >= 0.3 is 0 Å². The first-order chi connectivity index (χ1) is 33.7. The molecule has 5 amide bonds. The summed E-state index contributed by atoms with van der Waals surface area (Å²) in [6, 6.07) is 12.4. The third-order valence-electron chi connectivity index (χ3n) is 16.3. The Morgan fingerprint density at radius 3 is 2.30 bits per heavy atom. The second-order valence-corrected chi connectivity index (χ2v) is 21.3. The van der Waals surface area contributed by atoms with Gasteiger partial charge in [-0.25, -0.2) is 4.98 Å². The van der Waals surface area contributed by atoms with Crippen LogP contribution in [0.1, 0.15) is 102 Å². The van der Waals surface area contributed by atoms with Gasteiger partial charge in [-0.15, -0.1) is 0 Å². The highest BCUT2D eigenvalue weighted by atomic mass is 16.3. The number of aliphatic hydroxyl groups excluding tert-OH is 1. The van der Waals surface area contributed by atoms with Crippen molar-refractivity contribution in [3.8, 4) is 0 Å². The second-order valence-electron chi connectivity index (χ2n) is 21.3. The number of anilines is 5. The standard InChI is InChI=1S/C52H63N11O7/c1-31-28-58(33-13-16-57(17-14-33)34-7-9-37-38(23-34)49(68)63(48(37)67)41-10-12-46(65)55-47(41)66)18-19-59(31)35-8-11-45(53-27-35)54-39-24-36(29-56(4)50(39)69)60-15-5-6-40(44(60)30-64)62-21-20-61-42(51(62)70)22-32-25-52(2,3)26-43(32)61/h7-9,11,22-24,27,29,31,33,40-41,44,64H,5-6,10,12-21,25-26,28,30H2,1-4H3,(H,53,54)(H,55,65,66)/t31-,40+,41?,44+/m0/s1. The number of aromatic nitrogens is 3. The Balaban J connectivity index is 0.700. The van der Waals surface area contributed by atoms with E-state index in [0.29, 0.717) is 36.2 Å². The Kier molecular flexibility index (Phi) is 11.6. The molecule has 7 aliphatic rings. The van der Waals surface area contributed by atoms with Gasteiger partial charge in [0.05, 0.1) is 47.4 Å². The molecular weight excluding hydrogens is 891 g/mol. The fourth-order valence-corrected chi connectivity index (χ4v) is 12.7. The highest BCUT2D eigenvalue weighted by molar-refractivity contribution is 6.23. The molecule has 1 aromatic carbocycles. The molecule has 9 heterocycles. The summed E-state index contributed by atoms with van der Waals surface area (Å²) in [5.74, 6) is -1.42. The summed E-state index contributed by atoms with van der Waals surface area (Å²) in [5.41, 5.74) is 7.01. The number of piperidine rings is 3. The average molecular weight is 954 g/mol. The van der Waals surface area contributed by atoms with Crippen LogP contribution in [0.15, 0.2) is 59.7 Å². The lowest BCUT2D eigenvalue weighted by molar-refractivity contribution is -0.136. The predicted octanol–water partition coefficient (Wildman–Crippen LogP) is 3.52. The van der Waals surface area contributed by atoms with E-state index >= 15 is 0 Å². The van der Waals surface area contributed by atoms with Crippen molar-refractivity contribution < 1.29 is 29.1 Å². The maximum Gasteiger partial charge on any atom is 0.274 e. The summed E-state index contributed by atoms with van der Waals surface area (Å²) in [5, 5.41) is 16.5. The van der Waals surface area contributed by atoms with Crippen LogP contribution in [-0.2, 0) is 36.0 Å². The Bertz CT molecular complexity index is 2850. The molecule has 0 radical (unpaired) electrons. The average Bonchev–Trinajstić information content (AvgIpc) is 3.94. The number of fused-ring (bicyclic) bond motifs is 4. The molecule has 0 saturated carbocycles. The van der Waals surface area contributed by atoms with E-state index in [-0.39, 0.29) is 60.0 Å². The Hall–Kier alpha value is -6.53. The van der Waals surface area contributed by atoms with Gasteiger partial charge in [-0.2, -0.15) is 0 Å². The summed E-state index contributed by atoms with van der Waals surface area (Å²) in [7, 11) is 1.73. The zero-order chi connectivity index (χ0) is 48.7. The number of hydrogen-bond acceptors (Lipinski definition) is 13. The lowest BCUT2D eigenvalue weighted by atomic mass is 9.90. The molecule has 3 N–H and O–H groups in total. The van der Waals surface area contributed by atoms with Crippen LogP contribution in [0.25, 0.3) is 0 Å². The number of carbonyl (C=O) groups excluding carboxylic acids is 5. The van der Waals surface area contributed by atoms with Crippen LogP contribution in [0, 0.1) is 5.41 Å². The van der Waals surface area contributed by atoms with Gasteiger partial charge in [0.2, 0.25) is 11.8 Å². The van der Waals surface area contributed by atoms with Crippen molar-refractivity contribution in [2.75, 3.05) is 72.4 Å². The fraction of sp³-hybridized carbons (Fsp3) is 0.519. The smallest absolute Gasteiger partial charge is 0.274 e. The minimum atomic E-state index is -0.988. The molecule has 1 aliphatic carbocycles. The van der Waals surface area contributed by atoms with Crippen molar-refractivity contribution in [3.05, 3.63) is 93.3 Å². The summed E-state index contributed by atoms with van der Waals surface area (Å²) in [6.07, 6.45) is 9.39. The first-order valence-corrected chi connectivity index (χ1v) is 25.1. The van der Waals surface area contributed by atoms with Crippen molar-refractivity contribution in [1.29, 1.82) is 0 Å². The van der Waals surface area contributed by atoms with E-state index in [1.807, 2.05) is 41.6 Å². The van der Waals surface area contributed by atoms with Gasteiger partial charge in [-0.05, 0) is 105 Å². The number of imide groups is 2. The largest absolute Gasteiger partial charge is 0.394 e. The molecule has 0 bridgehead atoms. The number of piperazine rings is 1. The molecule has 18 nitrogen and oxygen atoms in total. The maximum atomic E-state index is 14.1. The highest BCUT2D eigenvalue weighted by Gasteiger charge is 2.46. The van der Waals surface area contributed by atoms with E-state index < -0.39 is 29.7 Å². The normalized spacial score (nSPS) is 25.1. The Labute approximate surface area is 407 Å². The third kappa shape index (κ3) is 8.01. The van der Waals surface area contributed by atoms with Crippen molar-refractivity contribution in [2.45, 2.75) is 109 Å². The molecule has 11 rings (SSSR count). The number of rotatable bonds is 9. The molecule has 368 valence electrons. The van der Waals surface area contributed by atoms with E-state index in [1.54, 1.807) is 23.7 Å². The summed E-state index contributed by atoms with van der Waals surface area (Å²) < 4.78 is 3.80. The number of pyridine rings is 2. The Morgan fingerprint density at radius 1 is 0.786 bits per heavy atom.